The molecule has 1 heterocycles. The summed E-state index contributed by atoms with van der Waals surface area (Å²) in [5, 5.41) is 0.778. The molecule has 0 aliphatic rings. The molecule has 0 amide bonds. The smallest absolute Gasteiger partial charge is 0.340 e. The second kappa shape index (κ2) is 3.38. The summed E-state index contributed by atoms with van der Waals surface area (Å²) in [5.41, 5.74) is 1.63. The first kappa shape index (κ1) is 9.71. The molecule has 2 rings (SSSR count). The highest BCUT2D eigenvalue weighted by atomic mass is 19.1. The lowest BCUT2D eigenvalue weighted by molar-refractivity contribution is 0.0595. The SMILES string of the molecule is COC(=O)c1cc2[nH]cc(C)c2cc1F. The number of esters is 1. The molecular weight excluding hydrogens is 197 g/mol. The lowest BCUT2D eigenvalue weighted by Gasteiger charge is -2.01. The van der Waals surface area contributed by atoms with Crippen LogP contribution in [-0.2, 0) is 4.74 Å². The Kier molecular flexibility index (Phi) is 2.19. The van der Waals surface area contributed by atoms with Crippen molar-refractivity contribution in [3.05, 3.63) is 35.3 Å². The van der Waals surface area contributed by atoms with E-state index in [0.717, 1.165) is 16.5 Å². The Hall–Kier alpha value is -1.84. The molecule has 0 saturated heterocycles. The molecule has 4 heteroatoms. The van der Waals surface area contributed by atoms with Gasteiger partial charge in [-0.15, -0.1) is 0 Å². The number of hydrogen-bond donors (Lipinski definition) is 1. The number of fused-ring (bicyclic) bond motifs is 1. The third-order valence-corrected chi connectivity index (χ3v) is 2.38. The highest BCUT2D eigenvalue weighted by molar-refractivity contribution is 5.95. The molecular formula is C11H10FNO2. The summed E-state index contributed by atoms with van der Waals surface area (Å²) in [5.74, 6) is -1.22. The van der Waals surface area contributed by atoms with Crippen molar-refractivity contribution in [1.29, 1.82) is 0 Å². The number of nitrogens with one attached hydrogen (secondary N) is 1. The maximum absolute atomic E-state index is 13.5. The van der Waals surface area contributed by atoms with E-state index in [1.54, 1.807) is 6.20 Å². The summed E-state index contributed by atoms with van der Waals surface area (Å²) in [4.78, 5) is 14.2. The molecule has 3 nitrogen and oxygen atoms in total. The Bertz CT molecular complexity index is 531. The van der Waals surface area contributed by atoms with E-state index in [-0.39, 0.29) is 5.56 Å². The van der Waals surface area contributed by atoms with Gasteiger partial charge in [0.2, 0.25) is 0 Å². The van der Waals surface area contributed by atoms with E-state index < -0.39 is 11.8 Å². The molecule has 1 aromatic heterocycles. The number of benzene rings is 1. The first-order chi connectivity index (χ1) is 7.13. The zero-order valence-corrected chi connectivity index (χ0v) is 8.43. The Morgan fingerprint density at radius 2 is 2.20 bits per heavy atom. The quantitative estimate of drug-likeness (QED) is 0.729. The predicted molar refractivity (Wildman–Crippen MR) is 54.3 cm³/mol. The zero-order valence-electron chi connectivity index (χ0n) is 8.43. The number of H-pyrrole nitrogens is 1. The molecule has 0 spiro atoms. The third kappa shape index (κ3) is 1.48. The average Bonchev–Trinajstić information content (AvgIpc) is 2.58. The minimum Gasteiger partial charge on any atom is -0.465 e. The molecule has 0 aliphatic heterocycles. The molecule has 0 atom stereocenters. The van der Waals surface area contributed by atoms with Crippen molar-refractivity contribution in [3.63, 3.8) is 0 Å². The second-order valence-corrected chi connectivity index (χ2v) is 3.34. The van der Waals surface area contributed by atoms with E-state index in [9.17, 15) is 9.18 Å². The molecule has 1 aromatic carbocycles. The topological polar surface area (TPSA) is 42.1 Å². The van der Waals surface area contributed by atoms with Crippen LogP contribution in [0.3, 0.4) is 0 Å². The van der Waals surface area contributed by atoms with Gasteiger partial charge in [-0.25, -0.2) is 9.18 Å². The molecule has 0 fully saturated rings. The minimum atomic E-state index is -0.665. The Morgan fingerprint density at radius 3 is 2.87 bits per heavy atom. The lowest BCUT2D eigenvalue weighted by Crippen LogP contribution is -2.04. The number of aromatic amines is 1. The van der Waals surface area contributed by atoms with Crippen LogP contribution in [0.2, 0.25) is 0 Å². The maximum atomic E-state index is 13.5. The molecule has 0 aliphatic carbocycles. The Labute approximate surface area is 85.9 Å². The van der Waals surface area contributed by atoms with Gasteiger partial charge in [0.25, 0.3) is 0 Å². The largest absolute Gasteiger partial charge is 0.465 e. The van der Waals surface area contributed by atoms with Crippen LogP contribution in [0.5, 0.6) is 0 Å². The first-order valence-electron chi connectivity index (χ1n) is 4.49. The highest BCUT2D eigenvalue weighted by Crippen LogP contribution is 2.21. The van der Waals surface area contributed by atoms with Gasteiger partial charge in [-0.1, -0.05) is 0 Å². The molecule has 78 valence electrons. The van der Waals surface area contributed by atoms with Crippen molar-refractivity contribution < 1.29 is 13.9 Å². The normalized spacial score (nSPS) is 10.6. The van der Waals surface area contributed by atoms with Crippen molar-refractivity contribution in [1.82, 2.24) is 4.98 Å². The first-order valence-corrected chi connectivity index (χ1v) is 4.49. The van der Waals surface area contributed by atoms with Crippen LogP contribution in [0.15, 0.2) is 18.3 Å². The van der Waals surface area contributed by atoms with Crippen LogP contribution >= 0.6 is 0 Å². The van der Waals surface area contributed by atoms with Crippen molar-refractivity contribution in [2.75, 3.05) is 7.11 Å². The van der Waals surface area contributed by atoms with Crippen molar-refractivity contribution in [3.8, 4) is 0 Å². The summed E-state index contributed by atoms with van der Waals surface area (Å²) in [6.45, 7) is 1.87. The van der Waals surface area contributed by atoms with Crippen molar-refractivity contribution in [2.24, 2.45) is 0 Å². The van der Waals surface area contributed by atoms with Crippen LogP contribution in [0.1, 0.15) is 15.9 Å². The summed E-state index contributed by atoms with van der Waals surface area (Å²) >= 11 is 0. The van der Waals surface area contributed by atoms with E-state index in [1.165, 1.54) is 19.2 Å². The fourth-order valence-corrected chi connectivity index (χ4v) is 1.55. The summed E-state index contributed by atoms with van der Waals surface area (Å²) in [7, 11) is 1.23. The van der Waals surface area contributed by atoms with Crippen LogP contribution < -0.4 is 0 Å². The standard InChI is InChI=1S/C11H10FNO2/c1-6-5-13-10-4-8(11(14)15-2)9(12)3-7(6)10/h3-5,13H,1-2H3. The van der Waals surface area contributed by atoms with Gasteiger partial charge in [-0.3, -0.25) is 0 Å². The number of rotatable bonds is 1. The number of methoxy groups -OCH3 is 1. The fourth-order valence-electron chi connectivity index (χ4n) is 1.55. The van der Waals surface area contributed by atoms with Gasteiger partial charge in [-0.05, 0) is 24.6 Å². The predicted octanol–water partition coefficient (Wildman–Crippen LogP) is 2.40. The summed E-state index contributed by atoms with van der Waals surface area (Å²) < 4.78 is 18.0. The van der Waals surface area contributed by atoms with E-state index in [4.69, 9.17) is 0 Å². The van der Waals surface area contributed by atoms with Gasteiger partial charge < -0.3 is 9.72 Å². The average molecular weight is 207 g/mol. The second-order valence-electron chi connectivity index (χ2n) is 3.34. The van der Waals surface area contributed by atoms with Gasteiger partial charge >= 0.3 is 5.97 Å². The van der Waals surface area contributed by atoms with Gasteiger partial charge in [0.15, 0.2) is 0 Å². The molecule has 15 heavy (non-hydrogen) atoms. The van der Waals surface area contributed by atoms with E-state index in [1.807, 2.05) is 6.92 Å². The maximum Gasteiger partial charge on any atom is 0.340 e. The Balaban J connectivity index is 2.68. The number of hydrogen-bond acceptors (Lipinski definition) is 2. The van der Waals surface area contributed by atoms with Crippen LogP contribution in [0.4, 0.5) is 4.39 Å². The lowest BCUT2D eigenvalue weighted by atomic mass is 10.1. The van der Waals surface area contributed by atoms with Gasteiger partial charge in [0.1, 0.15) is 5.82 Å². The molecule has 0 radical (unpaired) electrons. The van der Waals surface area contributed by atoms with Crippen LogP contribution in [-0.4, -0.2) is 18.1 Å². The van der Waals surface area contributed by atoms with E-state index >= 15 is 0 Å². The van der Waals surface area contributed by atoms with E-state index in [0.29, 0.717) is 0 Å². The number of halogens is 1. The number of carbonyl (C=O) groups excluding carboxylic acids is 1. The Morgan fingerprint density at radius 1 is 1.47 bits per heavy atom. The van der Waals surface area contributed by atoms with Gasteiger partial charge in [-0.2, -0.15) is 0 Å². The van der Waals surface area contributed by atoms with Crippen molar-refractivity contribution in [2.45, 2.75) is 6.92 Å². The number of aryl methyl sites for hydroxylation is 1. The third-order valence-electron chi connectivity index (χ3n) is 2.38. The fraction of sp³-hybridized carbons (Fsp3) is 0.182. The minimum absolute atomic E-state index is 0.0492. The molecule has 2 aromatic rings. The number of ether oxygens (including phenoxy) is 1. The van der Waals surface area contributed by atoms with Crippen LogP contribution in [0.25, 0.3) is 10.9 Å². The monoisotopic (exact) mass is 207 g/mol. The van der Waals surface area contributed by atoms with Crippen LogP contribution in [0, 0.1) is 12.7 Å². The van der Waals surface area contributed by atoms with Crippen molar-refractivity contribution >= 4 is 16.9 Å². The number of carbonyl (C=O) groups is 1. The molecule has 0 unspecified atom stereocenters. The summed E-state index contributed by atoms with van der Waals surface area (Å²) in [6, 6.07) is 2.80. The van der Waals surface area contributed by atoms with Gasteiger partial charge in [0.05, 0.1) is 12.7 Å². The molecule has 0 saturated carbocycles. The number of aromatic nitrogens is 1. The molecule has 0 bridgehead atoms. The summed E-state index contributed by atoms with van der Waals surface area (Å²) in [6.07, 6.45) is 1.77. The molecule has 1 N–H and O–H groups in total. The zero-order chi connectivity index (χ0) is 11.0. The van der Waals surface area contributed by atoms with Gasteiger partial charge in [0, 0.05) is 17.1 Å². The highest BCUT2D eigenvalue weighted by Gasteiger charge is 2.14. The van der Waals surface area contributed by atoms with E-state index in [2.05, 4.69) is 9.72 Å².